The molecule has 0 saturated carbocycles. The lowest BCUT2D eigenvalue weighted by molar-refractivity contribution is 0.0964. The van der Waals surface area contributed by atoms with E-state index in [2.05, 4.69) is 20.0 Å². The standard InChI is InChI=1S/C25H20F2N4O4S/c1-2-7-36(34,35)31-20-6-5-19(26)21(22(20)27)23(32)18-12-29-24-17(18)9-15(11-28-24)13-3-4-14-10-30-25(33)16(14)8-13/h3-6,8-9,11-12,31H,2,7,10H2,1H3,(H,28,29)(H,30,33). The minimum atomic E-state index is -3.86. The number of sulfonamides is 1. The minimum absolute atomic E-state index is 0.0374. The van der Waals surface area contributed by atoms with Crippen molar-refractivity contribution in [2.24, 2.45) is 0 Å². The summed E-state index contributed by atoms with van der Waals surface area (Å²) in [5, 5.41) is 3.07. The first kappa shape index (κ1) is 23.6. The number of ketones is 1. The summed E-state index contributed by atoms with van der Waals surface area (Å²) in [7, 11) is -3.86. The van der Waals surface area contributed by atoms with E-state index in [1.54, 1.807) is 25.3 Å². The van der Waals surface area contributed by atoms with Gasteiger partial charge in [-0.1, -0.05) is 19.1 Å². The molecule has 184 valence electrons. The third kappa shape index (κ3) is 4.11. The number of aromatic amines is 1. The molecular formula is C25H20F2N4O4S. The molecule has 4 aromatic rings. The fraction of sp³-hybridized carbons (Fsp3) is 0.160. The van der Waals surface area contributed by atoms with E-state index in [4.69, 9.17) is 0 Å². The summed E-state index contributed by atoms with van der Waals surface area (Å²) in [5.41, 5.74) is 1.59. The molecule has 0 radical (unpaired) electrons. The number of hydrogen-bond acceptors (Lipinski definition) is 5. The Bertz CT molecular complexity index is 1660. The van der Waals surface area contributed by atoms with Gasteiger partial charge in [-0.25, -0.2) is 22.2 Å². The van der Waals surface area contributed by atoms with Crippen molar-refractivity contribution in [2.75, 3.05) is 10.5 Å². The van der Waals surface area contributed by atoms with Gasteiger partial charge in [0, 0.05) is 41.0 Å². The number of hydrogen-bond donors (Lipinski definition) is 3. The molecule has 0 aliphatic carbocycles. The lowest BCUT2D eigenvalue weighted by Crippen LogP contribution is -2.18. The van der Waals surface area contributed by atoms with Crippen LogP contribution < -0.4 is 10.0 Å². The number of rotatable bonds is 7. The van der Waals surface area contributed by atoms with Crippen LogP contribution in [0.2, 0.25) is 0 Å². The van der Waals surface area contributed by atoms with Gasteiger partial charge in [0.2, 0.25) is 15.8 Å². The monoisotopic (exact) mass is 510 g/mol. The van der Waals surface area contributed by atoms with E-state index >= 15 is 4.39 Å². The highest BCUT2D eigenvalue weighted by Crippen LogP contribution is 2.31. The number of fused-ring (bicyclic) bond motifs is 2. The van der Waals surface area contributed by atoms with Crippen LogP contribution >= 0.6 is 0 Å². The lowest BCUT2D eigenvalue weighted by atomic mass is 9.98. The molecule has 1 aliphatic rings. The molecule has 0 saturated heterocycles. The Kier molecular flexibility index (Phi) is 5.79. The van der Waals surface area contributed by atoms with Crippen LogP contribution in [-0.2, 0) is 16.6 Å². The Balaban J connectivity index is 1.56. The Morgan fingerprint density at radius 2 is 1.94 bits per heavy atom. The zero-order chi connectivity index (χ0) is 25.6. The number of H-pyrrole nitrogens is 1. The predicted molar refractivity (Wildman–Crippen MR) is 130 cm³/mol. The third-order valence-corrected chi connectivity index (χ3v) is 7.44. The van der Waals surface area contributed by atoms with Crippen molar-refractivity contribution < 1.29 is 26.8 Å². The molecule has 8 nitrogen and oxygen atoms in total. The van der Waals surface area contributed by atoms with Gasteiger partial charge < -0.3 is 10.3 Å². The molecule has 0 bridgehead atoms. The minimum Gasteiger partial charge on any atom is -0.348 e. The Morgan fingerprint density at radius 3 is 2.72 bits per heavy atom. The van der Waals surface area contributed by atoms with Crippen LogP contribution in [0.15, 0.2) is 48.8 Å². The Morgan fingerprint density at radius 1 is 1.14 bits per heavy atom. The van der Waals surface area contributed by atoms with Gasteiger partial charge in [-0.3, -0.25) is 14.3 Å². The van der Waals surface area contributed by atoms with Crippen molar-refractivity contribution in [1.82, 2.24) is 15.3 Å². The summed E-state index contributed by atoms with van der Waals surface area (Å²) >= 11 is 0. The highest BCUT2D eigenvalue weighted by atomic mass is 32.2. The summed E-state index contributed by atoms with van der Waals surface area (Å²) in [4.78, 5) is 32.5. The van der Waals surface area contributed by atoms with Crippen LogP contribution in [0, 0.1) is 11.6 Å². The summed E-state index contributed by atoms with van der Waals surface area (Å²) < 4.78 is 56.1. The van der Waals surface area contributed by atoms with E-state index in [0.29, 0.717) is 40.7 Å². The highest BCUT2D eigenvalue weighted by Gasteiger charge is 2.26. The number of nitrogens with one attached hydrogen (secondary N) is 3. The molecule has 3 heterocycles. The molecule has 1 aliphatic heterocycles. The average molecular weight is 511 g/mol. The van der Waals surface area contributed by atoms with Gasteiger partial charge in [-0.2, -0.15) is 0 Å². The van der Waals surface area contributed by atoms with Crippen LogP contribution in [0.5, 0.6) is 0 Å². The van der Waals surface area contributed by atoms with Gasteiger partial charge in [0.15, 0.2) is 5.82 Å². The number of pyridine rings is 1. The summed E-state index contributed by atoms with van der Waals surface area (Å²) in [6.45, 7) is 2.10. The van der Waals surface area contributed by atoms with Gasteiger partial charge in [-0.15, -0.1) is 0 Å². The molecule has 0 spiro atoms. The van der Waals surface area contributed by atoms with Crippen molar-refractivity contribution in [3.63, 3.8) is 0 Å². The first-order valence-electron chi connectivity index (χ1n) is 11.1. The quantitative estimate of drug-likeness (QED) is 0.323. The maximum Gasteiger partial charge on any atom is 0.251 e. The normalized spacial score (nSPS) is 13.0. The van der Waals surface area contributed by atoms with Crippen molar-refractivity contribution in [1.29, 1.82) is 0 Å². The number of carbonyl (C=O) groups excluding carboxylic acids is 2. The number of aromatic nitrogens is 2. The average Bonchev–Trinajstić information content (AvgIpc) is 3.43. The second-order valence-electron chi connectivity index (χ2n) is 8.41. The van der Waals surface area contributed by atoms with Crippen LogP contribution in [0.1, 0.15) is 45.2 Å². The van der Waals surface area contributed by atoms with Crippen LogP contribution in [0.4, 0.5) is 14.5 Å². The zero-order valence-corrected chi connectivity index (χ0v) is 19.8. The molecule has 1 amide bonds. The van der Waals surface area contributed by atoms with Crippen LogP contribution in [-0.4, -0.2) is 35.8 Å². The smallest absolute Gasteiger partial charge is 0.251 e. The molecule has 0 unspecified atom stereocenters. The fourth-order valence-electron chi connectivity index (χ4n) is 4.20. The fourth-order valence-corrected chi connectivity index (χ4v) is 5.34. The van der Waals surface area contributed by atoms with Crippen LogP contribution in [0.3, 0.4) is 0 Å². The second-order valence-corrected chi connectivity index (χ2v) is 10.3. The number of halogens is 2. The Labute approximate surface area is 204 Å². The number of benzene rings is 2. The van der Waals surface area contributed by atoms with Crippen molar-refractivity contribution in [2.45, 2.75) is 19.9 Å². The number of anilines is 1. The number of carbonyl (C=O) groups is 2. The van der Waals surface area contributed by atoms with Crippen LogP contribution in [0.25, 0.3) is 22.2 Å². The zero-order valence-electron chi connectivity index (χ0n) is 19.0. The van der Waals surface area contributed by atoms with Crippen molar-refractivity contribution in [3.8, 4) is 11.1 Å². The lowest BCUT2D eigenvalue weighted by Gasteiger charge is -2.11. The first-order valence-corrected chi connectivity index (χ1v) is 12.8. The first-order chi connectivity index (χ1) is 17.2. The van der Waals surface area contributed by atoms with E-state index < -0.39 is 38.7 Å². The molecule has 36 heavy (non-hydrogen) atoms. The summed E-state index contributed by atoms with van der Waals surface area (Å²) in [6.07, 6.45) is 3.15. The maximum atomic E-state index is 15.2. The maximum absolute atomic E-state index is 15.2. The second kappa shape index (κ2) is 8.83. The molecule has 11 heteroatoms. The van der Waals surface area contributed by atoms with Crippen molar-refractivity contribution in [3.05, 3.63) is 82.7 Å². The largest absolute Gasteiger partial charge is 0.348 e. The van der Waals surface area contributed by atoms with E-state index in [1.165, 1.54) is 6.20 Å². The molecule has 0 fully saturated rings. The molecule has 2 aromatic heterocycles. The van der Waals surface area contributed by atoms with Gasteiger partial charge >= 0.3 is 0 Å². The number of amides is 1. The molecule has 2 aromatic carbocycles. The summed E-state index contributed by atoms with van der Waals surface area (Å²) in [6, 6.07) is 8.79. The van der Waals surface area contributed by atoms with Gasteiger partial charge in [0.05, 0.1) is 17.0 Å². The highest BCUT2D eigenvalue weighted by molar-refractivity contribution is 7.92. The van der Waals surface area contributed by atoms with E-state index in [9.17, 15) is 22.4 Å². The van der Waals surface area contributed by atoms with Crippen molar-refractivity contribution >= 4 is 38.4 Å². The molecule has 5 rings (SSSR count). The van der Waals surface area contributed by atoms with Gasteiger partial charge in [0.25, 0.3) is 5.91 Å². The number of nitrogens with zero attached hydrogens (tertiary/aromatic N) is 1. The third-order valence-electron chi connectivity index (χ3n) is 5.96. The molecule has 0 atom stereocenters. The van der Waals surface area contributed by atoms with E-state index in [1.807, 2.05) is 12.1 Å². The Hall–Kier alpha value is -4.12. The predicted octanol–water partition coefficient (Wildman–Crippen LogP) is 4.13. The summed E-state index contributed by atoms with van der Waals surface area (Å²) in [5.74, 6) is -3.84. The van der Waals surface area contributed by atoms with Gasteiger partial charge in [0.1, 0.15) is 11.5 Å². The van der Waals surface area contributed by atoms with E-state index in [-0.39, 0.29) is 17.2 Å². The molecule has 3 N–H and O–H groups in total. The van der Waals surface area contributed by atoms with Gasteiger partial charge in [-0.05, 0) is 41.8 Å². The van der Waals surface area contributed by atoms with E-state index in [0.717, 1.165) is 17.7 Å². The SMILES string of the molecule is CCCS(=O)(=O)Nc1ccc(F)c(C(=O)c2c[nH]c3ncc(-c4ccc5c(c4)C(=O)NC5)cc23)c1F. The topological polar surface area (TPSA) is 121 Å². The molecular weight excluding hydrogens is 490 g/mol.